The van der Waals surface area contributed by atoms with Crippen LogP contribution in [0.15, 0.2) is 21.9 Å². The Kier molecular flexibility index (Phi) is 5.61. The Morgan fingerprint density at radius 3 is 2.78 bits per heavy atom. The lowest BCUT2D eigenvalue weighted by atomic mass is 10.1. The standard InChI is InChI=1S/C15H26N2O5Si/c1-5-10(2)21-11-8-15(23(3)4,22-12(11)9-18)17-7-6-13(19)16-14(17)20/h6-7,10-12,18,23H,5,8-9H2,1-4H3,(H,16,19,20)/t10?,11-,12+,15-/m0/s1. The van der Waals surface area contributed by atoms with Crippen molar-refractivity contribution in [3.05, 3.63) is 33.1 Å². The first-order valence-corrected chi connectivity index (χ1v) is 11.0. The monoisotopic (exact) mass is 342 g/mol. The summed E-state index contributed by atoms with van der Waals surface area (Å²) in [4.78, 5) is 25.9. The molecule has 0 spiro atoms. The number of aliphatic hydroxyl groups is 1. The third kappa shape index (κ3) is 3.50. The van der Waals surface area contributed by atoms with Crippen LogP contribution in [-0.2, 0) is 14.8 Å². The van der Waals surface area contributed by atoms with Gasteiger partial charge in [-0.3, -0.25) is 14.3 Å². The van der Waals surface area contributed by atoms with Crippen molar-refractivity contribution in [1.82, 2.24) is 9.55 Å². The second-order valence-corrected chi connectivity index (χ2v) is 9.63. The number of hydrogen-bond donors (Lipinski definition) is 2. The van der Waals surface area contributed by atoms with Crippen molar-refractivity contribution in [3.63, 3.8) is 0 Å². The molecule has 130 valence electrons. The maximum atomic E-state index is 12.3. The Balaban J connectivity index is 2.42. The van der Waals surface area contributed by atoms with E-state index in [9.17, 15) is 14.7 Å². The largest absolute Gasteiger partial charge is 0.394 e. The van der Waals surface area contributed by atoms with E-state index in [0.29, 0.717) is 6.42 Å². The van der Waals surface area contributed by atoms with E-state index in [1.807, 2.05) is 13.8 Å². The summed E-state index contributed by atoms with van der Waals surface area (Å²) >= 11 is 0. The maximum Gasteiger partial charge on any atom is 0.330 e. The molecule has 1 aromatic heterocycles. The zero-order valence-corrected chi connectivity index (χ0v) is 15.3. The molecule has 7 nitrogen and oxygen atoms in total. The summed E-state index contributed by atoms with van der Waals surface area (Å²) in [6.07, 6.45) is 2.14. The smallest absolute Gasteiger partial charge is 0.330 e. The van der Waals surface area contributed by atoms with Crippen LogP contribution in [0.2, 0.25) is 13.1 Å². The predicted octanol–water partition coefficient (Wildman–Crippen LogP) is 0.180. The first-order chi connectivity index (χ1) is 10.8. The van der Waals surface area contributed by atoms with Gasteiger partial charge in [-0.25, -0.2) is 4.79 Å². The molecule has 0 saturated carbocycles. The third-order valence-electron chi connectivity index (χ3n) is 4.56. The number of hydrogen-bond acceptors (Lipinski definition) is 5. The zero-order chi connectivity index (χ0) is 17.2. The van der Waals surface area contributed by atoms with E-state index in [-0.39, 0.29) is 18.8 Å². The Morgan fingerprint density at radius 2 is 2.26 bits per heavy atom. The van der Waals surface area contributed by atoms with E-state index in [4.69, 9.17) is 9.47 Å². The predicted molar refractivity (Wildman–Crippen MR) is 89.4 cm³/mol. The van der Waals surface area contributed by atoms with Crippen molar-refractivity contribution in [2.24, 2.45) is 0 Å². The van der Waals surface area contributed by atoms with E-state index in [1.165, 1.54) is 16.8 Å². The summed E-state index contributed by atoms with van der Waals surface area (Å²) < 4.78 is 13.6. The summed E-state index contributed by atoms with van der Waals surface area (Å²) in [7, 11) is -1.55. The number of nitrogens with zero attached hydrogens (tertiary/aromatic N) is 1. The Hall–Kier alpha value is -1.22. The molecule has 0 aromatic carbocycles. The van der Waals surface area contributed by atoms with Gasteiger partial charge in [0, 0.05) is 18.7 Å². The van der Waals surface area contributed by atoms with Gasteiger partial charge in [0.2, 0.25) is 0 Å². The molecule has 1 saturated heterocycles. The van der Waals surface area contributed by atoms with Gasteiger partial charge in [-0.2, -0.15) is 0 Å². The average molecular weight is 342 g/mol. The normalized spacial score (nSPS) is 29.1. The highest BCUT2D eigenvalue weighted by atomic mass is 28.3. The molecule has 1 aliphatic rings. The highest BCUT2D eigenvalue weighted by Gasteiger charge is 2.51. The molecule has 1 aliphatic heterocycles. The number of aromatic nitrogens is 2. The fourth-order valence-electron chi connectivity index (χ4n) is 3.01. The quantitative estimate of drug-likeness (QED) is 0.720. The lowest BCUT2D eigenvalue weighted by Gasteiger charge is -2.34. The van der Waals surface area contributed by atoms with Gasteiger partial charge in [0.05, 0.1) is 27.6 Å². The number of nitrogens with one attached hydrogen (secondary N) is 1. The summed E-state index contributed by atoms with van der Waals surface area (Å²) in [5.41, 5.74) is -0.921. The number of aromatic amines is 1. The van der Waals surface area contributed by atoms with Crippen molar-refractivity contribution in [1.29, 1.82) is 0 Å². The summed E-state index contributed by atoms with van der Waals surface area (Å²) in [6, 6.07) is 1.32. The molecule has 1 aromatic rings. The van der Waals surface area contributed by atoms with Crippen molar-refractivity contribution in [2.45, 2.75) is 63.4 Å². The van der Waals surface area contributed by atoms with Gasteiger partial charge in [-0.15, -0.1) is 0 Å². The molecule has 0 aliphatic carbocycles. The van der Waals surface area contributed by atoms with Crippen molar-refractivity contribution < 1.29 is 14.6 Å². The zero-order valence-electron chi connectivity index (χ0n) is 14.1. The van der Waals surface area contributed by atoms with E-state index in [2.05, 4.69) is 18.1 Å². The first kappa shape index (κ1) is 18.1. The molecule has 1 unspecified atom stereocenters. The minimum atomic E-state index is -1.55. The van der Waals surface area contributed by atoms with Crippen LogP contribution in [0.5, 0.6) is 0 Å². The molecule has 0 radical (unpaired) electrons. The van der Waals surface area contributed by atoms with Crippen LogP contribution in [-0.4, -0.2) is 48.4 Å². The van der Waals surface area contributed by atoms with Crippen molar-refractivity contribution >= 4 is 8.80 Å². The molecule has 2 rings (SSSR count). The van der Waals surface area contributed by atoms with Gasteiger partial charge in [0.25, 0.3) is 5.56 Å². The van der Waals surface area contributed by atoms with Gasteiger partial charge in [-0.05, 0) is 13.3 Å². The van der Waals surface area contributed by atoms with Crippen molar-refractivity contribution in [3.8, 4) is 0 Å². The number of H-pyrrole nitrogens is 1. The Labute approximate surface area is 136 Å². The van der Waals surface area contributed by atoms with Crippen LogP contribution in [0.4, 0.5) is 0 Å². The van der Waals surface area contributed by atoms with Crippen LogP contribution < -0.4 is 11.2 Å². The van der Waals surface area contributed by atoms with E-state index >= 15 is 0 Å². The Morgan fingerprint density at radius 1 is 1.57 bits per heavy atom. The summed E-state index contributed by atoms with van der Waals surface area (Å²) in [5, 5.41) is 8.85. The fourth-order valence-corrected chi connectivity index (χ4v) is 4.92. The van der Waals surface area contributed by atoms with Crippen LogP contribution >= 0.6 is 0 Å². The van der Waals surface area contributed by atoms with Gasteiger partial charge >= 0.3 is 5.69 Å². The molecule has 23 heavy (non-hydrogen) atoms. The molecule has 8 heteroatoms. The van der Waals surface area contributed by atoms with E-state index < -0.39 is 31.5 Å². The third-order valence-corrected chi connectivity index (χ3v) is 7.01. The number of ether oxygens (including phenoxy) is 2. The van der Waals surface area contributed by atoms with E-state index in [1.54, 1.807) is 0 Å². The summed E-state index contributed by atoms with van der Waals surface area (Å²) in [5.74, 6) is 0. The topological polar surface area (TPSA) is 93.6 Å². The maximum absolute atomic E-state index is 12.3. The number of rotatable bonds is 6. The molecule has 2 N–H and O–H groups in total. The van der Waals surface area contributed by atoms with Crippen LogP contribution in [0.1, 0.15) is 26.7 Å². The van der Waals surface area contributed by atoms with Crippen LogP contribution in [0.25, 0.3) is 0 Å². The first-order valence-electron chi connectivity index (χ1n) is 8.10. The Bertz CT molecular complexity index is 643. The lowest BCUT2D eigenvalue weighted by molar-refractivity contribution is -0.0931. The SMILES string of the molecule is CCC(C)O[C@H]1C[C@@](n2ccc(=O)[nH]c2=O)([SiH](C)C)O[C@@H]1CO. The molecule has 0 amide bonds. The van der Waals surface area contributed by atoms with Crippen LogP contribution in [0, 0.1) is 0 Å². The second-order valence-electron chi connectivity index (χ2n) is 6.42. The average Bonchev–Trinajstić information content (AvgIpc) is 2.86. The van der Waals surface area contributed by atoms with Crippen LogP contribution in [0.3, 0.4) is 0 Å². The van der Waals surface area contributed by atoms with Gasteiger partial charge in [0.15, 0.2) is 0 Å². The summed E-state index contributed by atoms with van der Waals surface area (Å²) in [6.45, 7) is 8.01. The van der Waals surface area contributed by atoms with Gasteiger partial charge < -0.3 is 14.6 Å². The molecule has 0 bridgehead atoms. The lowest BCUT2D eigenvalue weighted by Crippen LogP contribution is -2.51. The fraction of sp³-hybridized carbons (Fsp3) is 0.733. The second kappa shape index (κ2) is 7.12. The van der Waals surface area contributed by atoms with E-state index in [0.717, 1.165) is 6.42 Å². The molecular weight excluding hydrogens is 316 g/mol. The molecule has 4 atom stereocenters. The molecular formula is C15H26N2O5Si. The minimum Gasteiger partial charge on any atom is -0.394 e. The molecule has 2 heterocycles. The van der Waals surface area contributed by atoms with Gasteiger partial charge in [-0.1, -0.05) is 20.0 Å². The molecule has 1 fully saturated rings. The highest BCUT2D eigenvalue weighted by molar-refractivity contribution is 6.58. The van der Waals surface area contributed by atoms with Crippen molar-refractivity contribution in [2.75, 3.05) is 6.61 Å². The highest BCUT2D eigenvalue weighted by Crippen LogP contribution is 2.38. The van der Waals surface area contributed by atoms with Gasteiger partial charge in [0.1, 0.15) is 11.5 Å². The number of aliphatic hydroxyl groups excluding tert-OH is 1. The minimum absolute atomic E-state index is 0.0505.